The van der Waals surface area contributed by atoms with E-state index >= 15 is 0 Å². The molecule has 1 heterocycles. The van der Waals surface area contributed by atoms with Gasteiger partial charge in [-0.25, -0.2) is 0 Å². The Morgan fingerprint density at radius 3 is 2.48 bits per heavy atom. The van der Waals surface area contributed by atoms with E-state index in [4.69, 9.17) is 0 Å². The number of para-hydroxylation sites is 1. The number of carbonyl (C=O) groups is 3. The zero-order valence-electron chi connectivity index (χ0n) is 11.6. The van der Waals surface area contributed by atoms with Gasteiger partial charge in [0.1, 0.15) is 0 Å². The number of benzene rings is 1. The molecule has 0 radical (unpaired) electrons. The molecule has 21 heavy (non-hydrogen) atoms. The highest BCUT2D eigenvalue weighted by atomic mass is 32.1. The summed E-state index contributed by atoms with van der Waals surface area (Å²) in [6.07, 6.45) is 0.261. The number of amides is 1. The molecule has 0 saturated carbocycles. The number of anilines is 1. The van der Waals surface area contributed by atoms with Crippen molar-refractivity contribution in [3.8, 4) is 0 Å². The van der Waals surface area contributed by atoms with Gasteiger partial charge in [0.15, 0.2) is 11.6 Å². The van der Waals surface area contributed by atoms with Gasteiger partial charge in [0.25, 0.3) is 0 Å². The molecule has 2 aromatic rings. The minimum Gasteiger partial charge on any atom is -0.325 e. The van der Waals surface area contributed by atoms with Gasteiger partial charge < -0.3 is 5.32 Å². The van der Waals surface area contributed by atoms with E-state index in [-0.39, 0.29) is 30.3 Å². The molecule has 0 bridgehead atoms. The van der Waals surface area contributed by atoms with Crippen molar-refractivity contribution in [2.75, 3.05) is 5.32 Å². The topological polar surface area (TPSA) is 63.2 Å². The fourth-order valence-electron chi connectivity index (χ4n) is 1.90. The molecule has 0 saturated heterocycles. The molecule has 1 N–H and O–H groups in total. The van der Waals surface area contributed by atoms with E-state index in [9.17, 15) is 14.4 Å². The molecule has 0 aliphatic carbocycles. The molecule has 0 aliphatic rings. The second kappa shape index (κ2) is 6.95. The molecular weight excluding hydrogens is 286 g/mol. The van der Waals surface area contributed by atoms with Crippen molar-refractivity contribution in [2.24, 2.45) is 0 Å². The molecule has 5 heteroatoms. The molecule has 0 spiro atoms. The maximum absolute atomic E-state index is 11.9. The summed E-state index contributed by atoms with van der Waals surface area (Å²) in [6, 6.07) is 10.4. The van der Waals surface area contributed by atoms with Crippen LogP contribution in [-0.2, 0) is 4.79 Å². The van der Waals surface area contributed by atoms with Crippen molar-refractivity contribution >= 4 is 34.5 Å². The average Bonchev–Trinajstić information content (AvgIpc) is 2.99. The maximum atomic E-state index is 11.9. The highest BCUT2D eigenvalue weighted by Crippen LogP contribution is 2.17. The molecule has 1 aromatic heterocycles. The Morgan fingerprint density at radius 1 is 1.05 bits per heavy atom. The van der Waals surface area contributed by atoms with Crippen LogP contribution >= 0.6 is 11.3 Å². The Kier molecular flexibility index (Phi) is 5.00. The molecule has 0 aliphatic heterocycles. The van der Waals surface area contributed by atoms with Crippen LogP contribution in [0.3, 0.4) is 0 Å². The molecule has 1 aromatic carbocycles. The summed E-state index contributed by atoms with van der Waals surface area (Å²) in [5.74, 6) is -0.422. The van der Waals surface area contributed by atoms with Crippen LogP contribution in [0.15, 0.2) is 41.8 Å². The van der Waals surface area contributed by atoms with E-state index in [0.29, 0.717) is 16.1 Å². The van der Waals surface area contributed by atoms with Crippen molar-refractivity contribution in [2.45, 2.75) is 19.8 Å². The number of Topliss-reactive ketones (excluding diaryl/α,β-unsaturated/α-hetero) is 2. The number of nitrogens with one attached hydrogen (secondary N) is 1. The minimum atomic E-state index is -0.270. The Hall–Kier alpha value is -2.27. The van der Waals surface area contributed by atoms with E-state index in [2.05, 4.69) is 5.32 Å². The van der Waals surface area contributed by atoms with Gasteiger partial charge in [-0.15, -0.1) is 11.3 Å². The van der Waals surface area contributed by atoms with E-state index in [1.165, 1.54) is 18.3 Å². The second-order valence-electron chi connectivity index (χ2n) is 4.55. The summed E-state index contributed by atoms with van der Waals surface area (Å²) in [5, 5.41) is 4.51. The van der Waals surface area contributed by atoms with Crippen molar-refractivity contribution in [3.63, 3.8) is 0 Å². The van der Waals surface area contributed by atoms with Crippen LogP contribution in [0.4, 0.5) is 5.69 Å². The Labute approximate surface area is 126 Å². The van der Waals surface area contributed by atoms with Gasteiger partial charge >= 0.3 is 0 Å². The predicted octanol–water partition coefficient (Wildman–Crippen LogP) is 3.55. The summed E-state index contributed by atoms with van der Waals surface area (Å²) in [6.45, 7) is 1.45. The lowest BCUT2D eigenvalue weighted by molar-refractivity contribution is -0.116. The number of thiophene rings is 1. The Bertz CT molecular complexity index is 662. The van der Waals surface area contributed by atoms with Gasteiger partial charge in [-0.2, -0.15) is 0 Å². The summed E-state index contributed by atoms with van der Waals surface area (Å²) in [7, 11) is 0. The summed E-state index contributed by atoms with van der Waals surface area (Å²) in [4.78, 5) is 35.8. The average molecular weight is 301 g/mol. The summed E-state index contributed by atoms with van der Waals surface area (Å²) >= 11 is 1.37. The normalized spacial score (nSPS) is 10.1. The van der Waals surface area contributed by atoms with Crippen molar-refractivity contribution < 1.29 is 14.4 Å². The molecule has 1 amide bonds. The van der Waals surface area contributed by atoms with E-state index < -0.39 is 0 Å². The van der Waals surface area contributed by atoms with Crippen LogP contribution < -0.4 is 5.32 Å². The van der Waals surface area contributed by atoms with Crippen LogP contribution in [0.5, 0.6) is 0 Å². The number of ketones is 2. The molecule has 0 unspecified atom stereocenters. The van der Waals surface area contributed by atoms with Gasteiger partial charge in [-0.05, 0) is 30.5 Å². The largest absolute Gasteiger partial charge is 0.325 e. The van der Waals surface area contributed by atoms with Crippen LogP contribution in [0, 0.1) is 0 Å². The first-order valence-electron chi connectivity index (χ1n) is 6.54. The van der Waals surface area contributed by atoms with Crippen molar-refractivity contribution in [1.29, 1.82) is 0 Å². The Balaban J connectivity index is 1.93. The van der Waals surface area contributed by atoms with E-state index in [0.717, 1.165) is 0 Å². The third-order valence-corrected chi connectivity index (χ3v) is 3.87. The van der Waals surface area contributed by atoms with Crippen LogP contribution in [0.1, 0.15) is 39.8 Å². The standard InChI is InChI=1S/C16H15NO3S/c1-11(18)12-5-2-3-6-13(12)17-16(20)9-8-14(19)15-7-4-10-21-15/h2-7,10H,8-9H2,1H3,(H,17,20). The van der Waals surface area contributed by atoms with E-state index in [1.807, 2.05) is 5.38 Å². The van der Waals surface area contributed by atoms with Crippen molar-refractivity contribution in [3.05, 3.63) is 52.2 Å². The summed E-state index contributed by atoms with van der Waals surface area (Å²) in [5.41, 5.74) is 0.953. The van der Waals surface area contributed by atoms with Gasteiger partial charge in [0.2, 0.25) is 5.91 Å². The van der Waals surface area contributed by atoms with Gasteiger partial charge in [0.05, 0.1) is 10.6 Å². The molecule has 0 fully saturated rings. The van der Waals surface area contributed by atoms with Crippen LogP contribution in [-0.4, -0.2) is 17.5 Å². The second-order valence-corrected chi connectivity index (χ2v) is 5.50. The number of hydrogen-bond donors (Lipinski definition) is 1. The quantitative estimate of drug-likeness (QED) is 0.830. The molecular formula is C16H15NO3S. The van der Waals surface area contributed by atoms with Gasteiger partial charge in [0, 0.05) is 18.4 Å². The number of hydrogen-bond acceptors (Lipinski definition) is 4. The number of rotatable bonds is 6. The zero-order valence-corrected chi connectivity index (χ0v) is 12.4. The summed E-state index contributed by atoms with van der Waals surface area (Å²) < 4.78 is 0. The van der Waals surface area contributed by atoms with Crippen LogP contribution in [0.25, 0.3) is 0 Å². The smallest absolute Gasteiger partial charge is 0.224 e. The highest BCUT2D eigenvalue weighted by Gasteiger charge is 2.12. The Morgan fingerprint density at radius 2 is 1.81 bits per heavy atom. The van der Waals surface area contributed by atoms with Crippen molar-refractivity contribution in [1.82, 2.24) is 0 Å². The molecule has 0 atom stereocenters. The fourth-order valence-corrected chi connectivity index (χ4v) is 2.59. The first-order chi connectivity index (χ1) is 10.1. The van der Waals surface area contributed by atoms with Gasteiger partial charge in [-0.3, -0.25) is 14.4 Å². The third-order valence-electron chi connectivity index (χ3n) is 2.96. The van der Waals surface area contributed by atoms with E-state index in [1.54, 1.807) is 36.4 Å². The molecule has 2 rings (SSSR count). The SMILES string of the molecule is CC(=O)c1ccccc1NC(=O)CCC(=O)c1cccs1. The first-order valence-corrected chi connectivity index (χ1v) is 7.42. The zero-order chi connectivity index (χ0) is 15.2. The lowest BCUT2D eigenvalue weighted by Crippen LogP contribution is -2.15. The fraction of sp³-hybridized carbons (Fsp3) is 0.188. The first kappa shape index (κ1) is 15.1. The maximum Gasteiger partial charge on any atom is 0.224 e. The predicted molar refractivity (Wildman–Crippen MR) is 83.0 cm³/mol. The van der Waals surface area contributed by atoms with Crippen LogP contribution in [0.2, 0.25) is 0 Å². The number of carbonyl (C=O) groups excluding carboxylic acids is 3. The third kappa shape index (κ3) is 4.10. The van der Waals surface area contributed by atoms with Gasteiger partial charge in [-0.1, -0.05) is 18.2 Å². The minimum absolute atomic E-state index is 0.0417. The highest BCUT2D eigenvalue weighted by molar-refractivity contribution is 7.12. The lowest BCUT2D eigenvalue weighted by atomic mass is 10.1. The lowest BCUT2D eigenvalue weighted by Gasteiger charge is -2.08. The monoisotopic (exact) mass is 301 g/mol. The molecule has 4 nitrogen and oxygen atoms in total. The molecule has 108 valence electrons.